The zero-order valence-electron chi connectivity index (χ0n) is 15.7. The minimum atomic E-state index is -3.51. The highest BCUT2D eigenvalue weighted by molar-refractivity contribution is 7.89. The largest absolute Gasteiger partial charge is 0.424 e. The smallest absolute Gasteiger partial charge is 0.243 e. The Hall–Kier alpha value is -2.26. The fourth-order valence-electron chi connectivity index (χ4n) is 3.27. The fourth-order valence-corrected chi connectivity index (χ4v) is 4.82. The van der Waals surface area contributed by atoms with Gasteiger partial charge in [0.05, 0.1) is 17.9 Å². The first-order valence-corrected chi connectivity index (χ1v) is 11.2. The minimum absolute atomic E-state index is 0.262. The van der Waals surface area contributed by atoms with Gasteiger partial charge in [-0.25, -0.2) is 8.42 Å². The van der Waals surface area contributed by atoms with Gasteiger partial charge in [-0.15, -0.1) is 10.2 Å². The molecule has 1 aromatic heterocycles. The van der Waals surface area contributed by atoms with Gasteiger partial charge in [0.15, 0.2) is 0 Å². The molecule has 0 amide bonds. The van der Waals surface area contributed by atoms with Crippen LogP contribution in [0.1, 0.15) is 17.3 Å². The molecule has 1 fully saturated rings. The van der Waals surface area contributed by atoms with Crippen LogP contribution in [0.2, 0.25) is 5.02 Å². The molecule has 9 heteroatoms. The van der Waals surface area contributed by atoms with Crippen LogP contribution in [-0.2, 0) is 23.0 Å². The van der Waals surface area contributed by atoms with Crippen molar-refractivity contribution in [2.24, 2.45) is 0 Å². The number of benzene rings is 2. The van der Waals surface area contributed by atoms with E-state index in [-0.39, 0.29) is 4.90 Å². The number of hydrogen-bond donors (Lipinski definition) is 0. The van der Waals surface area contributed by atoms with Gasteiger partial charge in [0, 0.05) is 31.2 Å². The van der Waals surface area contributed by atoms with E-state index >= 15 is 0 Å². The van der Waals surface area contributed by atoms with Gasteiger partial charge in [0.1, 0.15) is 0 Å². The van der Waals surface area contributed by atoms with Gasteiger partial charge < -0.3 is 4.42 Å². The standard InChI is InChI=1S/C20H21ClN4O3S/c21-17-6-8-18(9-7-17)29(26,27)25-12-10-24(11-13-25)15-20-23-22-19(28-20)14-16-4-2-1-3-5-16/h1-9H,10-15H2. The van der Waals surface area contributed by atoms with Gasteiger partial charge in [-0.3, -0.25) is 4.90 Å². The van der Waals surface area contributed by atoms with Crippen molar-refractivity contribution in [1.82, 2.24) is 19.4 Å². The van der Waals surface area contributed by atoms with Gasteiger partial charge in [-0.2, -0.15) is 4.31 Å². The maximum Gasteiger partial charge on any atom is 0.243 e. The molecule has 2 aromatic carbocycles. The number of nitrogens with zero attached hydrogens (tertiary/aromatic N) is 4. The molecule has 0 unspecified atom stereocenters. The fraction of sp³-hybridized carbons (Fsp3) is 0.300. The van der Waals surface area contributed by atoms with Gasteiger partial charge in [-0.05, 0) is 29.8 Å². The van der Waals surface area contributed by atoms with E-state index in [0.717, 1.165) is 5.56 Å². The Balaban J connectivity index is 1.33. The van der Waals surface area contributed by atoms with Crippen LogP contribution in [0.3, 0.4) is 0 Å². The molecular formula is C20H21ClN4O3S. The van der Waals surface area contributed by atoms with Crippen molar-refractivity contribution in [3.05, 3.63) is 77.0 Å². The van der Waals surface area contributed by atoms with Crippen molar-refractivity contribution in [1.29, 1.82) is 0 Å². The summed E-state index contributed by atoms with van der Waals surface area (Å²) in [6.45, 7) is 2.54. The molecule has 1 aliphatic rings. The van der Waals surface area contributed by atoms with E-state index in [0.29, 0.717) is 55.9 Å². The summed E-state index contributed by atoms with van der Waals surface area (Å²) in [4.78, 5) is 2.38. The molecule has 0 radical (unpaired) electrons. The highest BCUT2D eigenvalue weighted by Crippen LogP contribution is 2.20. The number of aromatic nitrogens is 2. The molecule has 29 heavy (non-hydrogen) atoms. The molecule has 0 atom stereocenters. The first-order chi connectivity index (χ1) is 14.0. The Labute approximate surface area is 175 Å². The lowest BCUT2D eigenvalue weighted by Gasteiger charge is -2.33. The van der Waals surface area contributed by atoms with Gasteiger partial charge in [0.2, 0.25) is 21.8 Å². The highest BCUT2D eigenvalue weighted by Gasteiger charge is 2.29. The van der Waals surface area contributed by atoms with Gasteiger partial charge in [-0.1, -0.05) is 41.9 Å². The van der Waals surface area contributed by atoms with Crippen LogP contribution < -0.4 is 0 Å². The molecular weight excluding hydrogens is 412 g/mol. The predicted octanol–water partition coefficient (Wildman–Crippen LogP) is 2.82. The third-order valence-corrected chi connectivity index (χ3v) is 7.01. The minimum Gasteiger partial charge on any atom is -0.424 e. The normalized spacial score (nSPS) is 16.2. The molecule has 4 rings (SSSR count). The summed E-state index contributed by atoms with van der Waals surface area (Å²) in [5.41, 5.74) is 1.11. The quantitative estimate of drug-likeness (QED) is 0.596. The molecule has 152 valence electrons. The lowest BCUT2D eigenvalue weighted by molar-refractivity contribution is 0.167. The van der Waals surface area contributed by atoms with Crippen molar-refractivity contribution < 1.29 is 12.8 Å². The molecule has 2 heterocycles. The molecule has 7 nitrogen and oxygen atoms in total. The Morgan fingerprint density at radius 3 is 2.24 bits per heavy atom. The summed E-state index contributed by atoms with van der Waals surface area (Å²) >= 11 is 5.86. The topological polar surface area (TPSA) is 79.5 Å². The van der Waals surface area contributed by atoms with Gasteiger partial charge >= 0.3 is 0 Å². The van der Waals surface area contributed by atoms with Crippen molar-refractivity contribution in [3.8, 4) is 0 Å². The Bertz CT molecular complexity index is 1050. The molecule has 0 bridgehead atoms. The number of sulfonamides is 1. The predicted molar refractivity (Wildman–Crippen MR) is 109 cm³/mol. The lowest BCUT2D eigenvalue weighted by Crippen LogP contribution is -2.48. The maximum absolute atomic E-state index is 12.8. The number of hydrogen-bond acceptors (Lipinski definition) is 6. The van der Waals surface area contributed by atoms with Crippen LogP contribution >= 0.6 is 11.6 Å². The number of piperazine rings is 1. The molecule has 0 aliphatic carbocycles. The van der Waals surface area contributed by atoms with Crippen LogP contribution in [0, 0.1) is 0 Å². The van der Waals surface area contributed by atoms with Crippen LogP contribution in [0.25, 0.3) is 0 Å². The Morgan fingerprint density at radius 2 is 1.55 bits per heavy atom. The summed E-state index contributed by atoms with van der Waals surface area (Å²) in [6.07, 6.45) is 0.598. The second kappa shape index (κ2) is 8.62. The van der Waals surface area contributed by atoms with E-state index in [4.69, 9.17) is 16.0 Å². The van der Waals surface area contributed by atoms with Crippen LogP contribution in [-0.4, -0.2) is 54.0 Å². The highest BCUT2D eigenvalue weighted by atomic mass is 35.5. The van der Waals surface area contributed by atoms with E-state index < -0.39 is 10.0 Å². The zero-order valence-corrected chi connectivity index (χ0v) is 17.3. The van der Waals surface area contributed by atoms with Crippen LogP contribution in [0.15, 0.2) is 63.9 Å². The Kier molecular flexibility index (Phi) is 5.96. The number of halogens is 1. The molecule has 0 N–H and O–H groups in total. The maximum atomic E-state index is 12.8. The van der Waals surface area contributed by atoms with E-state index in [1.807, 2.05) is 30.3 Å². The summed E-state index contributed by atoms with van der Waals surface area (Å²) in [5.74, 6) is 1.13. The van der Waals surface area contributed by atoms with Crippen molar-refractivity contribution >= 4 is 21.6 Å². The Morgan fingerprint density at radius 1 is 0.897 bits per heavy atom. The van der Waals surface area contributed by atoms with E-state index in [2.05, 4.69) is 15.1 Å². The van der Waals surface area contributed by atoms with Crippen molar-refractivity contribution in [2.75, 3.05) is 26.2 Å². The van der Waals surface area contributed by atoms with Crippen molar-refractivity contribution in [2.45, 2.75) is 17.9 Å². The SMILES string of the molecule is O=S(=O)(c1ccc(Cl)cc1)N1CCN(Cc2nnc(Cc3ccccc3)o2)CC1. The average Bonchev–Trinajstić information content (AvgIpc) is 3.16. The second-order valence-electron chi connectivity index (χ2n) is 6.89. The molecule has 1 saturated heterocycles. The third kappa shape index (κ3) is 4.84. The number of rotatable bonds is 6. The first kappa shape index (κ1) is 20.0. The monoisotopic (exact) mass is 432 g/mol. The van der Waals surface area contributed by atoms with E-state index in [9.17, 15) is 8.42 Å². The molecule has 1 aliphatic heterocycles. The zero-order chi connectivity index (χ0) is 20.3. The molecule has 0 saturated carbocycles. The molecule has 0 spiro atoms. The van der Waals surface area contributed by atoms with Crippen LogP contribution in [0.5, 0.6) is 0 Å². The average molecular weight is 433 g/mol. The first-order valence-electron chi connectivity index (χ1n) is 9.34. The summed E-state index contributed by atoms with van der Waals surface area (Å²) < 4.78 is 32.8. The lowest BCUT2D eigenvalue weighted by atomic mass is 10.2. The summed E-state index contributed by atoms with van der Waals surface area (Å²) in [6, 6.07) is 16.2. The van der Waals surface area contributed by atoms with Crippen LogP contribution in [0.4, 0.5) is 0 Å². The van der Waals surface area contributed by atoms with E-state index in [1.54, 1.807) is 12.1 Å². The van der Waals surface area contributed by atoms with Crippen molar-refractivity contribution in [3.63, 3.8) is 0 Å². The third-order valence-electron chi connectivity index (χ3n) is 4.85. The second-order valence-corrected chi connectivity index (χ2v) is 9.26. The van der Waals surface area contributed by atoms with Gasteiger partial charge in [0.25, 0.3) is 0 Å². The van der Waals surface area contributed by atoms with E-state index in [1.165, 1.54) is 16.4 Å². The summed E-state index contributed by atoms with van der Waals surface area (Å²) in [5, 5.41) is 8.76. The summed E-state index contributed by atoms with van der Waals surface area (Å²) in [7, 11) is -3.51. The molecule has 3 aromatic rings.